The zero-order chi connectivity index (χ0) is 18.1. The Labute approximate surface area is 152 Å². The van der Waals surface area contributed by atoms with Gasteiger partial charge in [-0.05, 0) is 38.0 Å². The molecule has 0 N–H and O–H groups in total. The smallest absolute Gasteiger partial charge is 0.254 e. The van der Waals surface area contributed by atoms with Crippen molar-refractivity contribution in [1.82, 2.24) is 14.8 Å². The lowest BCUT2D eigenvalue weighted by Gasteiger charge is -2.36. The topological polar surface area (TPSA) is 45.7 Å². The fourth-order valence-electron chi connectivity index (χ4n) is 3.89. The highest BCUT2D eigenvalue weighted by atomic mass is 19.1. The number of rotatable bonds is 3. The number of halogens is 1. The molecular formula is C20H24FN3O2. The van der Waals surface area contributed by atoms with Crippen molar-refractivity contribution in [1.29, 1.82) is 0 Å². The van der Waals surface area contributed by atoms with Gasteiger partial charge in [0.25, 0.3) is 5.91 Å². The van der Waals surface area contributed by atoms with Gasteiger partial charge < -0.3 is 9.64 Å². The highest BCUT2D eigenvalue weighted by molar-refractivity contribution is 6.06. The van der Waals surface area contributed by atoms with Gasteiger partial charge >= 0.3 is 0 Å². The van der Waals surface area contributed by atoms with Crippen LogP contribution in [0, 0.1) is 12.7 Å². The Morgan fingerprint density at radius 1 is 1.27 bits per heavy atom. The number of benzene rings is 1. The predicted molar refractivity (Wildman–Crippen MR) is 97.8 cm³/mol. The SMILES string of the molecule is Cc1cc(C(=O)N2CCN(CC3CCCO3)CC2)c2ccc(F)cc2n1. The summed E-state index contributed by atoms with van der Waals surface area (Å²) in [7, 11) is 0. The first-order valence-corrected chi connectivity index (χ1v) is 9.30. The first kappa shape index (κ1) is 17.4. The van der Waals surface area contributed by atoms with Gasteiger partial charge in [-0.15, -0.1) is 0 Å². The molecule has 0 saturated carbocycles. The van der Waals surface area contributed by atoms with Gasteiger partial charge in [0.15, 0.2) is 0 Å². The number of hydrogen-bond donors (Lipinski definition) is 0. The quantitative estimate of drug-likeness (QED) is 0.847. The Kier molecular flexibility index (Phi) is 4.87. The Bertz CT molecular complexity index is 807. The summed E-state index contributed by atoms with van der Waals surface area (Å²) in [4.78, 5) is 21.7. The number of carbonyl (C=O) groups is 1. The molecule has 5 nitrogen and oxygen atoms in total. The molecule has 1 atom stereocenters. The molecule has 138 valence electrons. The van der Waals surface area contributed by atoms with Gasteiger partial charge in [0.05, 0.1) is 17.2 Å². The van der Waals surface area contributed by atoms with Crippen LogP contribution < -0.4 is 0 Å². The molecule has 0 spiro atoms. The standard InChI is InChI=1S/C20H24FN3O2/c1-14-11-18(17-5-4-15(21)12-19(17)22-14)20(25)24-8-6-23(7-9-24)13-16-3-2-10-26-16/h4-5,11-12,16H,2-3,6-10,13H2,1H3. The average molecular weight is 357 g/mol. The molecule has 4 rings (SSSR count). The molecule has 1 aromatic carbocycles. The van der Waals surface area contributed by atoms with Gasteiger partial charge in [0, 0.05) is 56.5 Å². The van der Waals surface area contributed by atoms with E-state index in [2.05, 4.69) is 9.88 Å². The number of carbonyl (C=O) groups excluding carboxylic acids is 1. The molecule has 2 aliphatic heterocycles. The van der Waals surface area contributed by atoms with Crippen molar-refractivity contribution in [3.05, 3.63) is 41.3 Å². The minimum absolute atomic E-state index is 0.00359. The summed E-state index contributed by atoms with van der Waals surface area (Å²) in [5.41, 5.74) is 1.87. The normalized spacial score (nSPS) is 21.5. The lowest BCUT2D eigenvalue weighted by atomic mass is 10.1. The highest BCUT2D eigenvalue weighted by Gasteiger charge is 2.26. The Hall–Kier alpha value is -2.05. The molecule has 0 radical (unpaired) electrons. The molecule has 3 heterocycles. The van der Waals surface area contributed by atoms with Crippen LogP contribution in [0.2, 0.25) is 0 Å². The van der Waals surface area contributed by atoms with Gasteiger partial charge in [-0.25, -0.2) is 4.39 Å². The molecule has 1 aromatic heterocycles. The van der Waals surface area contributed by atoms with E-state index in [0.717, 1.165) is 44.8 Å². The molecule has 2 saturated heterocycles. The minimum Gasteiger partial charge on any atom is -0.377 e. The number of nitrogens with zero attached hydrogens (tertiary/aromatic N) is 3. The van der Waals surface area contributed by atoms with Crippen molar-refractivity contribution in [3.8, 4) is 0 Å². The predicted octanol–water partition coefficient (Wildman–Crippen LogP) is 2.62. The van der Waals surface area contributed by atoms with Crippen molar-refractivity contribution in [2.75, 3.05) is 39.3 Å². The summed E-state index contributed by atoms with van der Waals surface area (Å²) < 4.78 is 19.2. The van der Waals surface area contributed by atoms with Crippen molar-refractivity contribution in [2.24, 2.45) is 0 Å². The van der Waals surface area contributed by atoms with E-state index in [9.17, 15) is 9.18 Å². The van der Waals surface area contributed by atoms with Crippen LogP contribution in [0.5, 0.6) is 0 Å². The maximum Gasteiger partial charge on any atom is 0.254 e. The lowest BCUT2D eigenvalue weighted by Crippen LogP contribution is -2.50. The van der Waals surface area contributed by atoms with E-state index in [0.29, 0.717) is 35.7 Å². The van der Waals surface area contributed by atoms with E-state index in [1.807, 2.05) is 11.8 Å². The van der Waals surface area contributed by atoms with Crippen LogP contribution >= 0.6 is 0 Å². The third-order valence-corrected chi connectivity index (χ3v) is 5.28. The second-order valence-electron chi connectivity index (χ2n) is 7.20. The first-order valence-electron chi connectivity index (χ1n) is 9.30. The van der Waals surface area contributed by atoms with Gasteiger partial charge in [0.2, 0.25) is 0 Å². The van der Waals surface area contributed by atoms with Crippen LogP contribution in [0.25, 0.3) is 10.9 Å². The second-order valence-corrected chi connectivity index (χ2v) is 7.20. The van der Waals surface area contributed by atoms with Crippen molar-refractivity contribution in [3.63, 3.8) is 0 Å². The van der Waals surface area contributed by atoms with Crippen molar-refractivity contribution >= 4 is 16.8 Å². The average Bonchev–Trinajstić information content (AvgIpc) is 3.13. The van der Waals surface area contributed by atoms with E-state index < -0.39 is 0 Å². The van der Waals surface area contributed by atoms with Crippen molar-refractivity contribution in [2.45, 2.75) is 25.9 Å². The zero-order valence-electron chi connectivity index (χ0n) is 15.1. The number of pyridine rings is 1. The maximum absolute atomic E-state index is 13.5. The molecule has 2 fully saturated rings. The monoisotopic (exact) mass is 357 g/mol. The molecule has 1 unspecified atom stereocenters. The fraction of sp³-hybridized carbons (Fsp3) is 0.500. The number of hydrogen-bond acceptors (Lipinski definition) is 4. The lowest BCUT2D eigenvalue weighted by molar-refractivity contribution is 0.0433. The Morgan fingerprint density at radius 3 is 2.81 bits per heavy atom. The van der Waals surface area contributed by atoms with Crippen LogP contribution in [0.3, 0.4) is 0 Å². The summed E-state index contributed by atoms with van der Waals surface area (Å²) in [5, 5.41) is 0.712. The highest BCUT2D eigenvalue weighted by Crippen LogP contribution is 2.22. The van der Waals surface area contributed by atoms with Gasteiger partial charge in [-0.3, -0.25) is 14.7 Å². The number of piperazine rings is 1. The van der Waals surface area contributed by atoms with E-state index >= 15 is 0 Å². The largest absolute Gasteiger partial charge is 0.377 e. The summed E-state index contributed by atoms with van der Waals surface area (Å²) >= 11 is 0. The summed E-state index contributed by atoms with van der Waals surface area (Å²) in [6, 6.07) is 6.23. The fourth-order valence-corrected chi connectivity index (χ4v) is 3.89. The molecule has 1 amide bonds. The number of aryl methyl sites for hydroxylation is 1. The van der Waals surface area contributed by atoms with Crippen LogP contribution in [-0.4, -0.2) is 66.1 Å². The molecule has 2 aliphatic rings. The van der Waals surface area contributed by atoms with E-state index in [1.165, 1.54) is 12.1 Å². The van der Waals surface area contributed by atoms with Crippen LogP contribution in [0.1, 0.15) is 28.9 Å². The van der Waals surface area contributed by atoms with E-state index in [-0.39, 0.29) is 11.7 Å². The minimum atomic E-state index is -0.336. The van der Waals surface area contributed by atoms with Crippen LogP contribution in [0.4, 0.5) is 4.39 Å². The number of amides is 1. The van der Waals surface area contributed by atoms with Gasteiger partial charge in [0.1, 0.15) is 5.82 Å². The molecule has 6 heteroatoms. The third kappa shape index (κ3) is 3.57. The summed E-state index contributed by atoms with van der Waals surface area (Å²) in [6.45, 7) is 6.80. The Balaban J connectivity index is 1.47. The summed E-state index contributed by atoms with van der Waals surface area (Å²) in [6.07, 6.45) is 2.63. The number of ether oxygens (including phenoxy) is 1. The van der Waals surface area contributed by atoms with Gasteiger partial charge in [-0.1, -0.05) is 0 Å². The number of aromatic nitrogens is 1. The van der Waals surface area contributed by atoms with Crippen molar-refractivity contribution < 1.29 is 13.9 Å². The maximum atomic E-state index is 13.5. The molecule has 26 heavy (non-hydrogen) atoms. The van der Waals surface area contributed by atoms with E-state index in [1.54, 1.807) is 12.1 Å². The second kappa shape index (κ2) is 7.29. The Morgan fingerprint density at radius 2 is 2.08 bits per heavy atom. The third-order valence-electron chi connectivity index (χ3n) is 5.28. The summed E-state index contributed by atoms with van der Waals surface area (Å²) in [5.74, 6) is -0.333. The zero-order valence-corrected chi connectivity index (χ0v) is 15.1. The number of fused-ring (bicyclic) bond motifs is 1. The van der Waals surface area contributed by atoms with Crippen LogP contribution in [0.15, 0.2) is 24.3 Å². The molecular weight excluding hydrogens is 333 g/mol. The molecule has 2 aromatic rings. The van der Waals surface area contributed by atoms with Gasteiger partial charge in [-0.2, -0.15) is 0 Å². The first-order chi connectivity index (χ1) is 12.6. The van der Waals surface area contributed by atoms with Crippen LogP contribution in [-0.2, 0) is 4.74 Å². The molecule has 0 bridgehead atoms. The van der Waals surface area contributed by atoms with E-state index in [4.69, 9.17) is 4.74 Å². The molecule has 0 aliphatic carbocycles.